The number of rotatable bonds is 7. The second-order valence-corrected chi connectivity index (χ2v) is 11.3. The van der Waals surface area contributed by atoms with Gasteiger partial charge in [0, 0.05) is 18.7 Å². The molecule has 2 N–H and O–H groups in total. The molecule has 2 aromatic carbocycles. The first-order valence-corrected chi connectivity index (χ1v) is 13.2. The van der Waals surface area contributed by atoms with Crippen LogP contribution in [0, 0.1) is 0 Å². The summed E-state index contributed by atoms with van der Waals surface area (Å²) in [5.74, 6) is 0.164. The number of carbonyl (C=O) groups excluding carboxylic acids is 1. The number of hydrogen-bond acceptors (Lipinski definition) is 7. The van der Waals surface area contributed by atoms with E-state index in [0.29, 0.717) is 27.0 Å². The van der Waals surface area contributed by atoms with Crippen molar-refractivity contribution < 1.29 is 17.9 Å². The van der Waals surface area contributed by atoms with E-state index in [4.69, 9.17) is 16.3 Å². The summed E-state index contributed by atoms with van der Waals surface area (Å²) < 4.78 is 33.5. The molecule has 0 unspecified atom stereocenters. The fraction of sp³-hybridized carbons (Fsp3) is 0.364. The summed E-state index contributed by atoms with van der Waals surface area (Å²) >= 11 is 7.51. The van der Waals surface area contributed by atoms with Gasteiger partial charge in [0.05, 0.1) is 21.7 Å². The third kappa shape index (κ3) is 4.93. The fourth-order valence-electron chi connectivity index (χ4n) is 3.94. The topological polar surface area (TPSA) is 101 Å². The third-order valence-electron chi connectivity index (χ3n) is 5.84. The smallest absolute Gasteiger partial charge is 0.269 e. The van der Waals surface area contributed by atoms with Crippen LogP contribution in [0.1, 0.15) is 42.5 Å². The van der Waals surface area contributed by atoms with Crippen LogP contribution in [0.15, 0.2) is 41.3 Å². The Labute approximate surface area is 201 Å². The van der Waals surface area contributed by atoms with Crippen LogP contribution >= 0.6 is 22.9 Å². The maximum Gasteiger partial charge on any atom is 0.269 e. The van der Waals surface area contributed by atoms with Gasteiger partial charge in [-0.25, -0.2) is 13.4 Å². The Balaban J connectivity index is 1.43. The number of aromatic nitrogens is 1. The van der Waals surface area contributed by atoms with Crippen LogP contribution in [0.5, 0.6) is 5.75 Å². The Kier molecular flexibility index (Phi) is 7.08. The maximum absolute atomic E-state index is 13.0. The van der Waals surface area contributed by atoms with Gasteiger partial charge in [0.25, 0.3) is 5.91 Å². The number of hydrogen-bond donors (Lipinski definition) is 2. The summed E-state index contributed by atoms with van der Waals surface area (Å²) in [6.07, 6.45) is 5.00. The lowest BCUT2D eigenvalue weighted by Gasteiger charge is -2.30. The van der Waals surface area contributed by atoms with Gasteiger partial charge in [-0.05, 0) is 49.2 Å². The number of benzene rings is 2. The van der Waals surface area contributed by atoms with Crippen LogP contribution in [0.2, 0.25) is 5.02 Å². The minimum Gasteiger partial charge on any atom is -0.494 e. The molecule has 1 aromatic heterocycles. The zero-order chi connectivity index (χ0) is 23.6. The number of methoxy groups -OCH3 is 1. The first-order chi connectivity index (χ1) is 15.8. The second kappa shape index (κ2) is 9.84. The molecule has 1 aliphatic rings. The van der Waals surface area contributed by atoms with Crippen LogP contribution in [-0.2, 0) is 10.0 Å². The minimum atomic E-state index is -3.61. The summed E-state index contributed by atoms with van der Waals surface area (Å²) in [5, 5.41) is 0.982. The van der Waals surface area contributed by atoms with Gasteiger partial charge >= 0.3 is 0 Å². The van der Waals surface area contributed by atoms with Crippen molar-refractivity contribution in [2.75, 3.05) is 19.6 Å². The summed E-state index contributed by atoms with van der Waals surface area (Å²) in [7, 11) is -0.425. The van der Waals surface area contributed by atoms with E-state index in [1.807, 2.05) is 0 Å². The Hall–Kier alpha value is -2.40. The summed E-state index contributed by atoms with van der Waals surface area (Å²) in [6, 6.07) is 9.40. The fourth-order valence-corrected chi connectivity index (χ4v) is 6.46. The molecule has 0 bridgehead atoms. The van der Waals surface area contributed by atoms with Crippen LogP contribution in [0.25, 0.3) is 10.2 Å². The molecule has 1 aliphatic carbocycles. The first-order valence-electron chi connectivity index (χ1n) is 10.6. The van der Waals surface area contributed by atoms with E-state index in [0.717, 1.165) is 36.8 Å². The number of sulfonamides is 1. The number of carbonyl (C=O) groups is 1. The Bertz CT molecular complexity index is 1260. The average molecular weight is 509 g/mol. The highest BCUT2D eigenvalue weighted by Crippen LogP contribution is 2.37. The number of thiazole rings is 1. The Morgan fingerprint density at radius 2 is 1.85 bits per heavy atom. The van der Waals surface area contributed by atoms with Gasteiger partial charge in [-0.15, -0.1) is 0 Å². The van der Waals surface area contributed by atoms with Crippen LogP contribution in [0.4, 0.5) is 5.13 Å². The molecule has 176 valence electrons. The largest absolute Gasteiger partial charge is 0.494 e. The van der Waals surface area contributed by atoms with E-state index in [1.54, 1.807) is 26.3 Å². The number of anilines is 1. The van der Waals surface area contributed by atoms with Crippen LogP contribution in [0.3, 0.4) is 0 Å². The summed E-state index contributed by atoms with van der Waals surface area (Å²) in [4.78, 5) is 17.2. The quantitative estimate of drug-likeness (QED) is 0.450. The zero-order valence-corrected chi connectivity index (χ0v) is 20.7. The van der Waals surface area contributed by atoms with E-state index in [1.165, 1.54) is 39.9 Å². The molecule has 11 heteroatoms. The van der Waals surface area contributed by atoms with Crippen molar-refractivity contribution in [2.24, 2.45) is 0 Å². The normalized spacial score (nSPS) is 15.0. The molecule has 0 radical (unpaired) electrons. The van der Waals surface area contributed by atoms with Gasteiger partial charge in [-0.3, -0.25) is 15.6 Å². The van der Waals surface area contributed by atoms with Crippen molar-refractivity contribution in [1.82, 2.24) is 14.7 Å². The SMILES string of the molecule is COc1ccc(Cl)c2sc(NNC(=O)c3ccc(S(=O)(=O)N(C)C4CCCCC4)cc3)nc12. The van der Waals surface area contributed by atoms with Gasteiger partial charge in [0.1, 0.15) is 11.3 Å². The molecule has 4 rings (SSSR count). The zero-order valence-electron chi connectivity index (χ0n) is 18.3. The molecule has 1 amide bonds. The van der Waals surface area contributed by atoms with Crippen molar-refractivity contribution in [3.8, 4) is 5.75 Å². The van der Waals surface area contributed by atoms with Gasteiger partial charge in [0.15, 0.2) is 0 Å². The Morgan fingerprint density at radius 3 is 2.52 bits per heavy atom. The van der Waals surface area contributed by atoms with Crippen molar-refractivity contribution in [3.05, 3.63) is 47.0 Å². The van der Waals surface area contributed by atoms with E-state index in [9.17, 15) is 13.2 Å². The molecule has 0 spiro atoms. The second-order valence-electron chi connectivity index (χ2n) is 7.86. The number of hydrazine groups is 1. The molecule has 1 heterocycles. The van der Waals surface area contributed by atoms with Crippen LogP contribution < -0.4 is 15.6 Å². The number of nitrogens with one attached hydrogen (secondary N) is 2. The van der Waals surface area contributed by atoms with Gasteiger partial charge in [0.2, 0.25) is 15.2 Å². The van der Waals surface area contributed by atoms with Crippen molar-refractivity contribution in [2.45, 2.75) is 43.0 Å². The number of nitrogens with zero attached hydrogens (tertiary/aromatic N) is 2. The number of ether oxygens (including phenoxy) is 1. The lowest BCUT2D eigenvalue weighted by Crippen LogP contribution is -2.38. The van der Waals surface area contributed by atoms with Crippen LogP contribution in [-0.4, -0.2) is 43.8 Å². The minimum absolute atomic E-state index is 0.0249. The molecule has 0 atom stereocenters. The molecule has 3 aromatic rings. The molecular weight excluding hydrogens is 484 g/mol. The monoisotopic (exact) mass is 508 g/mol. The lowest BCUT2D eigenvalue weighted by molar-refractivity contribution is 0.0962. The van der Waals surface area contributed by atoms with E-state index >= 15 is 0 Å². The van der Waals surface area contributed by atoms with Gasteiger partial charge in [-0.2, -0.15) is 4.31 Å². The van der Waals surface area contributed by atoms with E-state index in [2.05, 4.69) is 15.8 Å². The standard InChI is InChI=1S/C22H25ClN4O4S2/c1-27(15-6-4-3-5-7-15)33(29,30)16-10-8-14(9-11-16)21(28)25-26-22-24-19-18(31-2)13-12-17(23)20(19)32-22/h8-13,15H,3-7H2,1-2H3,(H,24,26)(H,25,28). The molecule has 0 saturated heterocycles. The van der Waals surface area contributed by atoms with Crippen molar-refractivity contribution >= 4 is 54.2 Å². The predicted molar refractivity (Wildman–Crippen MR) is 131 cm³/mol. The number of amides is 1. The van der Waals surface area contributed by atoms with Crippen molar-refractivity contribution in [3.63, 3.8) is 0 Å². The van der Waals surface area contributed by atoms with Gasteiger partial charge < -0.3 is 4.74 Å². The lowest BCUT2D eigenvalue weighted by atomic mass is 9.96. The summed E-state index contributed by atoms with van der Waals surface area (Å²) in [5.41, 5.74) is 6.28. The highest BCUT2D eigenvalue weighted by atomic mass is 35.5. The molecular formula is C22H25ClN4O4S2. The van der Waals surface area contributed by atoms with E-state index in [-0.39, 0.29) is 10.9 Å². The number of fused-ring (bicyclic) bond motifs is 1. The first kappa shape index (κ1) is 23.7. The maximum atomic E-state index is 13.0. The molecule has 8 nitrogen and oxygen atoms in total. The van der Waals surface area contributed by atoms with Crippen molar-refractivity contribution in [1.29, 1.82) is 0 Å². The van der Waals surface area contributed by atoms with Gasteiger partial charge in [-0.1, -0.05) is 42.2 Å². The molecule has 1 fully saturated rings. The molecule has 1 saturated carbocycles. The third-order valence-corrected chi connectivity index (χ3v) is 9.20. The predicted octanol–water partition coefficient (Wildman–Crippen LogP) is 4.67. The van der Waals surface area contributed by atoms with E-state index < -0.39 is 15.9 Å². The molecule has 0 aliphatic heterocycles. The summed E-state index contributed by atoms with van der Waals surface area (Å²) in [6.45, 7) is 0. The number of halogens is 1. The average Bonchev–Trinajstić information content (AvgIpc) is 3.28. The highest BCUT2D eigenvalue weighted by molar-refractivity contribution is 7.89. The highest BCUT2D eigenvalue weighted by Gasteiger charge is 2.29. The Morgan fingerprint density at radius 1 is 1.15 bits per heavy atom. The molecule has 33 heavy (non-hydrogen) atoms.